The number of hydrogen-bond acceptors (Lipinski definition) is 6. The Morgan fingerprint density at radius 1 is 1.05 bits per heavy atom. The molecule has 0 spiro atoms. The molecule has 0 amide bonds. The molecular formula is C15H31NO5. The van der Waals surface area contributed by atoms with Crippen molar-refractivity contribution in [2.75, 3.05) is 66.5 Å². The molecular weight excluding hydrogens is 274 g/mol. The SMILES string of the molecule is CCCNC1CCOCC1OCCOCCOCCOC. The highest BCUT2D eigenvalue weighted by Gasteiger charge is 2.25. The van der Waals surface area contributed by atoms with Crippen molar-refractivity contribution in [2.24, 2.45) is 0 Å². The summed E-state index contributed by atoms with van der Waals surface area (Å²) in [4.78, 5) is 0. The third kappa shape index (κ3) is 9.39. The van der Waals surface area contributed by atoms with Crippen LogP contribution in [0.3, 0.4) is 0 Å². The zero-order valence-electron chi connectivity index (χ0n) is 13.5. The summed E-state index contributed by atoms with van der Waals surface area (Å²) in [5, 5.41) is 3.52. The van der Waals surface area contributed by atoms with E-state index < -0.39 is 0 Å². The van der Waals surface area contributed by atoms with Crippen molar-refractivity contribution in [3.63, 3.8) is 0 Å². The molecule has 2 unspecified atom stereocenters. The van der Waals surface area contributed by atoms with E-state index in [4.69, 9.17) is 23.7 Å². The molecule has 1 N–H and O–H groups in total. The van der Waals surface area contributed by atoms with Crippen molar-refractivity contribution in [1.29, 1.82) is 0 Å². The van der Waals surface area contributed by atoms with E-state index in [0.29, 0.717) is 52.3 Å². The predicted molar refractivity (Wildman–Crippen MR) is 80.8 cm³/mol. The summed E-state index contributed by atoms with van der Waals surface area (Å²) in [5.74, 6) is 0. The highest BCUT2D eigenvalue weighted by molar-refractivity contribution is 4.80. The van der Waals surface area contributed by atoms with Gasteiger partial charge in [0.25, 0.3) is 0 Å². The van der Waals surface area contributed by atoms with E-state index >= 15 is 0 Å². The topological polar surface area (TPSA) is 58.2 Å². The largest absolute Gasteiger partial charge is 0.382 e. The average molecular weight is 305 g/mol. The molecule has 1 aliphatic heterocycles. The smallest absolute Gasteiger partial charge is 0.0962 e. The molecule has 1 rings (SSSR count). The molecule has 0 aromatic heterocycles. The van der Waals surface area contributed by atoms with Gasteiger partial charge in [0, 0.05) is 19.8 Å². The minimum Gasteiger partial charge on any atom is -0.382 e. The van der Waals surface area contributed by atoms with Crippen molar-refractivity contribution in [1.82, 2.24) is 5.32 Å². The highest BCUT2D eigenvalue weighted by atomic mass is 16.6. The second-order valence-corrected chi connectivity index (χ2v) is 5.05. The van der Waals surface area contributed by atoms with Gasteiger partial charge in [-0.2, -0.15) is 0 Å². The summed E-state index contributed by atoms with van der Waals surface area (Å²) in [6.45, 7) is 8.28. The number of methoxy groups -OCH3 is 1. The number of nitrogens with one attached hydrogen (secondary N) is 1. The first-order valence-corrected chi connectivity index (χ1v) is 7.95. The van der Waals surface area contributed by atoms with Gasteiger partial charge < -0.3 is 29.0 Å². The Morgan fingerprint density at radius 3 is 2.48 bits per heavy atom. The Bertz CT molecular complexity index is 230. The molecule has 6 nitrogen and oxygen atoms in total. The Balaban J connectivity index is 1.97. The Labute approximate surface area is 128 Å². The third-order valence-corrected chi connectivity index (χ3v) is 3.32. The van der Waals surface area contributed by atoms with Crippen LogP contribution < -0.4 is 5.32 Å². The Morgan fingerprint density at radius 2 is 1.76 bits per heavy atom. The molecule has 126 valence electrons. The molecule has 0 aliphatic carbocycles. The lowest BCUT2D eigenvalue weighted by Gasteiger charge is -2.32. The minimum absolute atomic E-state index is 0.131. The van der Waals surface area contributed by atoms with Gasteiger partial charge in [0.2, 0.25) is 0 Å². The molecule has 1 heterocycles. The van der Waals surface area contributed by atoms with Crippen LogP contribution in [0, 0.1) is 0 Å². The molecule has 21 heavy (non-hydrogen) atoms. The highest BCUT2D eigenvalue weighted by Crippen LogP contribution is 2.11. The zero-order chi connectivity index (χ0) is 15.2. The summed E-state index contributed by atoms with van der Waals surface area (Å²) >= 11 is 0. The van der Waals surface area contributed by atoms with E-state index in [2.05, 4.69) is 12.2 Å². The predicted octanol–water partition coefficient (Wildman–Crippen LogP) is 0.840. The quantitative estimate of drug-likeness (QED) is 0.509. The summed E-state index contributed by atoms with van der Waals surface area (Å²) in [6.07, 6.45) is 2.28. The molecule has 0 bridgehead atoms. The van der Waals surface area contributed by atoms with Crippen LogP contribution in [-0.4, -0.2) is 78.7 Å². The lowest BCUT2D eigenvalue weighted by atomic mass is 10.1. The molecule has 0 saturated carbocycles. The maximum Gasteiger partial charge on any atom is 0.0962 e. The molecule has 0 aromatic carbocycles. The van der Waals surface area contributed by atoms with E-state index in [1.54, 1.807) is 7.11 Å². The van der Waals surface area contributed by atoms with E-state index in [-0.39, 0.29) is 6.10 Å². The molecule has 6 heteroatoms. The van der Waals surface area contributed by atoms with Crippen molar-refractivity contribution in [3.05, 3.63) is 0 Å². The van der Waals surface area contributed by atoms with Crippen molar-refractivity contribution in [2.45, 2.75) is 31.9 Å². The number of ether oxygens (including phenoxy) is 5. The lowest BCUT2D eigenvalue weighted by molar-refractivity contribution is -0.0836. The van der Waals surface area contributed by atoms with Gasteiger partial charge in [-0.3, -0.25) is 0 Å². The standard InChI is InChI=1S/C15H31NO5/c1-3-5-16-14-4-6-20-13-15(14)21-12-11-19-10-9-18-8-7-17-2/h14-16H,3-13H2,1-2H3. The van der Waals surface area contributed by atoms with Gasteiger partial charge in [0.05, 0.1) is 52.4 Å². The maximum absolute atomic E-state index is 5.86. The molecule has 1 saturated heterocycles. The van der Waals surface area contributed by atoms with Gasteiger partial charge in [-0.15, -0.1) is 0 Å². The normalized spacial score (nSPS) is 22.6. The van der Waals surface area contributed by atoms with Gasteiger partial charge in [-0.25, -0.2) is 0 Å². The van der Waals surface area contributed by atoms with Crippen LogP contribution in [0.1, 0.15) is 19.8 Å². The van der Waals surface area contributed by atoms with Gasteiger partial charge >= 0.3 is 0 Å². The van der Waals surface area contributed by atoms with Gasteiger partial charge in [0.1, 0.15) is 0 Å². The first-order chi connectivity index (χ1) is 10.4. The fourth-order valence-corrected chi connectivity index (χ4v) is 2.16. The number of rotatable bonds is 13. The van der Waals surface area contributed by atoms with Gasteiger partial charge in [0.15, 0.2) is 0 Å². The fraction of sp³-hybridized carbons (Fsp3) is 1.00. The van der Waals surface area contributed by atoms with Crippen molar-refractivity contribution < 1.29 is 23.7 Å². The average Bonchev–Trinajstić information content (AvgIpc) is 2.52. The molecule has 2 atom stereocenters. The van der Waals surface area contributed by atoms with Crippen LogP contribution in [0.15, 0.2) is 0 Å². The summed E-state index contributed by atoms with van der Waals surface area (Å²) < 4.78 is 27.0. The molecule has 1 aliphatic rings. The Kier molecular flexibility index (Phi) is 12.0. The van der Waals surface area contributed by atoms with Gasteiger partial charge in [-0.05, 0) is 19.4 Å². The third-order valence-electron chi connectivity index (χ3n) is 3.32. The van der Waals surface area contributed by atoms with Crippen LogP contribution >= 0.6 is 0 Å². The second kappa shape index (κ2) is 13.4. The summed E-state index contributed by atoms with van der Waals surface area (Å²) in [6, 6.07) is 0.399. The summed E-state index contributed by atoms with van der Waals surface area (Å²) in [5.41, 5.74) is 0. The van der Waals surface area contributed by atoms with Crippen molar-refractivity contribution in [3.8, 4) is 0 Å². The Hall–Kier alpha value is -0.240. The fourth-order valence-electron chi connectivity index (χ4n) is 2.16. The van der Waals surface area contributed by atoms with E-state index in [1.807, 2.05) is 0 Å². The van der Waals surface area contributed by atoms with E-state index in [1.165, 1.54) is 0 Å². The van der Waals surface area contributed by atoms with Crippen LogP contribution in [0.4, 0.5) is 0 Å². The number of hydrogen-bond donors (Lipinski definition) is 1. The second-order valence-electron chi connectivity index (χ2n) is 5.05. The van der Waals surface area contributed by atoms with Crippen LogP contribution in [0.5, 0.6) is 0 Å². The van der Waals surface area contributed by atoms with E-state index in [0.717, 1.165) is 26.0 Å². The first-order valence-electron chi connectivity index (χ1n) is 7.95. The van der Waals surface area contributed by atoms with Crippen LogP contribution in [-0.2, 0) is 23.7 Å². The molecule has 0 aromatic rings. The van der Waals surface area contributed by atoms with Gasteiger partial charge in [-0.1, -0.05) is 6.92 Å². The minimum atomic E-state index is 0.131. The lowest BCUT2D eigenvalue weighted by Crippen LogP contribution is -2.48. The van der Waals surface area contributed by atoms with E-state index in [9.17, 15) is 0 Å². The zero-order valence-corrected chi connectivity index (χ0v) is 13.5. The summed E-state index contributed by atoms with van der Waals surface area (Å²) in [7, 11) is 1.66. The monoisotopic (exact) mass is 305 g/mol. The van der Waals surface area contributed by atoms with Crippen LogP contribution in [0.2, 0.25) is 0 Å². The first kappa shape index (κ1) is 18.8. The molecule has 1 fully saturated rings. The van der Waals surface area contributed by atoms with Crippen LogP contribution in [0.25, 0.3) is 0 Å². The maximum atomic E-state index is 5.86. The van der Waals surface area contributed by atoms with Crippen molar-refractivity contribution >= 4 is 0 Å². The molecule has 0 radical (unpaired) electrons.